The first-order valence-electron chi connectivity index (χ1n) is 4.79. The molecule has 1 heterocycles. The molecule has 2 nitrogen and oxygen atoms in total. The van der Waals surface area contributed by atoms with E-state index in [1.54, 1.807) is 0 Å². The molecule has 0 unspecified atom stereocenters. The molecule has 1 aromatic heterocycles. The van der Waals surface area contributed by atoms with Gasteiger partial charge in [-0.3, -0.25) is 4.98 Å². The lowest BCUT2D eigenvalue weighted by molar-refractivity contribution is 0.573. The fraction of sp³-hybridized carbons (Fsp3) is 0.600. The second-order valence-electron chi connectivity index (χ2n) is 1.68. The highest BCUT2D eigenvalue weighted by atomic mass is 19.1. The monoisotopic (exact) mass is 186 g/mol. The Labute approximate surface area is 80.2 Å². The van der Waals surface area contributed by atoms with Crippen LogP contribution in [0.4, 0.5) is 4.39 Å². The molecule has 1 aromatic rings. The van der Waals surface area contributed by atoms with E-state index in [2.05, 4.69) is 9.97 Å². The Bertz CT molecular complexity index is 185. The molecule has 0 saturated heterocycles. The molecule has 0 N–H and O–H groups in total. The van der Waals surface area contributed by atoms with Gasteiger partial charge in [-0.1, -0.05) is 34.6 Å². The lowest BCUT2D eigenvalue weighted by atomic mass is 10.4. The summed E-state index contributed by atoms with van der Waals surface area (Å²) in [6.07, 6.45) is 3.36. The summed E-state index contributed by atoms with van der Waals surface area (Å²) in [4.78, 5) is 7.18. The normalized spacial score (nSPS) is 7.54. The summed E-state index contributed by atoms with van der Waals surface area (Å²) in [6, 6.07) is 0. The quantitative estimate of drug-likeness (QED) is 0.673. The van der Waals surface area contributed by atoms with Crippen molar-refractivity contribution < 1.29 is 4.39 Å². The van der Waals surface area contributed by atoms with Crippen LogP contribution in [0.3, 0.4) is 0 Å². The Morgan fingerprint density at radius 1 is 1.08 bits per heavy atom. The highest BCUT2D eigenvalue weighted by Gasteiger charge is 1.90. The van der Waals surface area contributed by atoms with Gasteiger partial charge in [0.1, 0.15) is 0 Å². The number of aryl methyl sites for hydroxylation is 1. The molecule has 0 saturated carbocycles. The molecule has 0 aromatic carbocycles. The Morgan fingerprint density at radius 2 is 1.62 bits per heavy atom. The van der Waals surface area contributed by atoms with Gasteiger partial charge in [0.2, 0.25) is 5.95 Å². The second-order valence-corrected chi connectivity index (χ2v) is 1.68. The van der Waals surface area contributed by atoms with E-state index in [1.807, 2.05) is 34.6 Å². The van der Waals surface area contributed by atoms with Crippen LogP contribution in [0.5, 0.6) is 0 Å². The van der Waals surface area contributed by atoms with E-state index in [9.17, 15) is 4.39 Å². The SMILES string of the molecule is CC.CC.CCc1cnc(F)cn1. The van der Waals surface area contributed by atoms with E-state index < -0.39 is 5.95 Å². The van der Waals surface area contributed by atoms with Crippen LogP contribution in [-0.4, -0.2) is 9.97 Å². The van der Waals surface area contributed by atoms with E-state index in [-0.39, 0.29) is 0 Å². The van der Waals surface area contributed by atoms with Crippen molar-refractivity contribution in [3.63, 3.8) is 0 Å². The summed E-state index contributed by atoms with van der Waals surface area (Å²) in [7, 11) is 0. The first-order chi connectivity index (χ1) is 6.33. The molecular weight excluding hydrogens is 167 g/mol. The fourth-order valence-electron chi connectivity index (χ4n) is 0.522. The molecule has 13 heavy (non-hydrogen) atoms. The van der Waals surface area contributed by atoms with Gasteiger partial charge in [0.15, 0.2) is 0 Å². The summed E-state index contributed by atoms with van der Waals surface area (Å²) in [5, 5.41) is 0. The van der Waals surface area contributed by atoms with Crippen LogP contribution in [0.15, 0.2) is 12.4 Å². The van der Waals surface area contributed by atoms with Crippen LogP contribution in [0.25, 0.3) is 0 Å². The topological polar surface area (TPSA) is 25.8 Å². The minimum Gasteiger partial charge on any atom is -0.255 e. The number of hydrogen-bond donors (Lipinski definition) is 0. The highest BCUT2D eigenvalue weighted by Crippen LogP contribution is 1.92. The predicted molar refractivity (Wildman–Crippen MR) is 54.1 cm³/mol. The van der Waals surface area contributed by atoms with Crippen molar-refractivity contribution in [3.8, 4) is 0 Å². The van der Waals surface area contributed by atoms with E-state index in [1.165, 1.54) is 6.20 Å². The Morgan fingerprint density at radius 3 is 1.92 bits per heavy atom. The smallest absolute Gasteiger partial charge is 0.231 e. The first-order valence-corrected chi connectivity index (χ1v) is 4.79. The van der Waals surface area contributed by atoms with E-state index >= 15 is 0 Å². The Balaban J connectivity index is 0. The summed E-state index contributed by atoms with van der Waals surface area (Å²) >= 11 is 0. The van der Waals surface area contributed by atoms with E-state index in [0.29, 0.717) is 0 Å². The minimum atomic E-state index is -0.521. The number of nitrogens with zero attached hydrogens (tertiary/aromatic N) is 2. The zero-order valence-electron chi connectivity index (χ0n) is 9.13. The van der Waals surface area contributed by atoms with Crippen LogP contribution < -0.4 is 0 Å². The van der Waals surface area contributed by atoms with Crippen molar-refractivity contribution in [2.75, 3.05) is 0 Å². The van der Waals surface area contributed by atoms with Crippen molar-refractivity contribution in [2.45, 2.75) is 41.0 Å². The van der Waals surface area contributed by atoms with Crippen LogP contribution in [0.2, 0.25) is 0 Å². The largest absolute Gasteiger partial charge is 0.255 e. The molecular formula is C10H19FN2. The minimum absolute atomic E-state index is 0.521. The molecule has 0 amide bonds. The van der Waals surface area contributed by atoms with Gasteiger partial charge in [-0.25, -0.2) is 4.98 Å². The molecule has 0 atom stereocenters. The van der Waals surface area contributed by atoms with Crippen molar-refractivity contribution >= 4 is 0 Å². The highest BCUT2D eigenvalue weighted by molar-refractivity contribution is 4.94. The van der Waals surface area contributed by atoms with Gasteiger partial charge in [0.25, 0.3) is 0 Å². The number of rotatable bonds is 1. The van der Waals surface area contributed by atoms with Crippen molar-refractivity contribution in [1.82, 2.24) is 9.97 Å². The Hall–Kier alpha value is -0.990. The molecule has 0 fully saturated rings. The molecule has 0 radical (unpaired) electrons. The summed E-state index contributed by atoms with van der Waals surface area (Å²) in [5.41, 5.74) is 0.816. The van der Waals surface area contributed by atoms with E-state index in [4.69, 9.17) is 0 Å². The van der Waals surface area contributed by atoms with Crippen LogP contribution in [0, 0.1) is 5.95 Å². The van der Waals surface area contributed by atoms with Gasteiger partial charge in [0, 0.05) is 0 Å². The van der Waals surface area contributed by atoms with Gasteiger partial charge < -0.3 is 0 Å². The van der Waals surface area contributed by atoms with Crippen LogP contribution in [-0.2, 0) is 6.42 Å². The Kier molecular flexibility index (Phi) is 12.3. The van der Waals surface area contributed by atoms with Gasteiger partial charge in [-0.15, -0.1) is 0 Å². The number of aromatic nitrogens is 2. The van der Waals surface area contributed by atoms with Crippen molar-refractivity contribution in [3.05, 3.63) is 24.0 Å². The van der Waals surface area contributed by atoms with Gasteiger partial charge >= 0.3 is 0 Å². The molecule has 1 rings (SSSR count). The number of halogens is 1. The molecule has 0 aliphatic heterocycles. The third-order valence-electron chi connectivity index (χ3n) is 1.04. The first kappa shape index (κ1) is 14.5. The molecule has 3 heteroatoms. The maximum absolute atomic E-state index is 12.0. The fourth-order valence-corrected chi connectivity index (χ4v) is 0.522. The second kappa shape index (κ2) is 11.0. The summed E-state index contributed by atoms with van der Waals surface area (Å²) < 4.78 is 12.0. The molecule has 0 aliphatic carbocycles. The van der Waals surface area contributed by atoms with Crippen molar-refractivity contribution in [2.24, 2.45) is 0 Å². The van der Waals surface area contributed by atoms with E-state index in [0.717, 1.165) is 18.3 Å². The van der Waals surface area contributed by atoms with Crippen LogP contribution >= 0.6 is 0 Å². The van der Waals surface area contributed by atoms with Gasteiger partial charge in [0.05, 0.1) is 18.1 Å². The molecule has 0 bridgehead atoms. The summed E-state index contributed by atoms with van der Waals surface area (Å²) in [6.45, 7) is 9.95. The summed E-state index contributed by atoms with van der Waals surface area (Å²) in [5.74, 6) is -0.521. The zero-order valence-corrected chi connectivity index (χ0v) is 9.13. The number of hydrogen-bond acceptors (Lipinski definition) is 2. The average Bonchev–Trinajstić information content (AvgIpc) is 2.25. The maximum Gasteiger partial charge on any atom is 0.231 e. The lowest BCUT2D eigenvalue weighted by Gasteiger charge is -1.90. The lowest BCUT2D eigenvalue weighted by Crippen LogP contribution is -1.89. The van der Waals surface area contributed by atoms with Crippen LogP contribution in [0.1, 0.15) is 40.3 Å². The van der Waals surface area contributed by atoms with Crippen molar-refractivity contribution in [1.29, 1.82) is 0 Å². The third kappa shape index (κ3) is 7.37. The average molecular weight is 186 g/mol. The zero-order chi connectivity index (χ0) is 10.7. The molecule has 0 spiro atoms. The molecule has 0 aliphatic rings. The molecule has 76 valence electrons. The van der Waals surface area contributed by atoms with Gasteiger partial charge in [-0.05, 0) is 6.42 Å². The third-order valence-corrected chi connectivity index (χ3v) is 1.04. The maximum atomic E-state index is 12.0. The predicted octanol–water partition coefficient (Wildman–Crippen LogP) is 3.23. The van der Waals surface area contributed by atoms with Gasteiger partial charge in [-0.2, -0.15) is 4.39 Å². The standard InChI is InChI=1S/C6H7FN2.2C2H6/c1-2-5-3-9-6(7)4-8-5;2*1-2/h3-4H,2H2,1H3;2*1-2H3.